The van der Waals surface area contributed by atoms with Gasteiger partial charge in [-0.25, -0.2) is 23.4 Å². The molecule has 30 heavy (non-hydrogen) atoms. The number of hydrogen-bond acceptors (Lipinski definition) is 9. The quantitative estimate of drug-likeness (QED) is 0.314. The Hall–Kier alpha value is -3.38. The van der Waals surface area contributed by atoms with E-state index in [1.165, 1.54) is 36.5 Å². The maximum absolute atomic E-state index is 12.4. The molecule has 2 heterocycles. The number of nitrogens with one attached hydrogen (secondary N) is 2. The number of aromatic nitrogens is 3. The lowest BCUT2D eigenvalue weighted by Crippen LogP contribution is -2.23. The van der Waals surface area contributed by atoms with Crippen LogP contribution in [0.4, 0.5) is 23.1 Å². The molecule has 0 aliphatic rings. The van der Waals surface area contributed by atoms with Gasteiger partial charge in [-0.15, -0.1) is 0 Å². The van der Waals surface area contributed by atoms with Gasteiger partial charge in [0.25, 0.3) is 10.0 Å². The molecule has 0 radical (unpaired) electrons. The smallest absolute Gasteiger partial charge is 0.263 e. The predicted octanol–water partition coefficient (Wildman–Crippen LogP) is 1.96. The molecule has 1 atom stereocenters. The average Bonchev–Trinajstić information content (AvgIpc) is 2.68. The fourth-order valence-electron chi connectivity index (χ4n) is 2.31. The number of carbonyl (C=O) groups excluding carboxylic acids is 1. The van der Waals surface area contributed by atoms with Gasteiger partial charge in [-0.2, -0.15) is 0 Å². The molecular weight excluding hydrogens is 426 g/mol. The van der Waals surface area contributed by atoms with Crippen LogP contribution < -0.4 is 21.5 Å². The molecule has 1 amide bonds. The Balaban J connectivity index is 1.63. The van der Waals surface area contributed by atoms with Crippen molar-refractivity contribution in [2.45, 2.75) is 22.2 Å². The molecule has 0 saturated carbocycles. The first-order chi connectivity index (χ1) is 14.2. The number of benzene rings is 1. The second-order valence-corrected chi connectivity index (χ2v) is 9.08. The molecule has 3 aromatic rings. The van der Waals surface area contributed by atoms with E-state index in [2.05, 4.69) is 25.0 Å². The molecular formula is C18H19N7O3S2. The van der Waals surface area contributed by atoms with E-state index in [1.54, 1.807) is 25.1 Å². The molecule has 10 nitrogen and oxygen atoms in total. The number of nitrogen functional groups attached to an aromatic ring is 2. The van der Waals surface area contributed by atoms with Crippen molar-refractivity contribution in [2.24, 2.45) is 0 Å². The maximum atomic E-state index is 12.4. The van der Waals surface area contributed by atoms with Crippen LogP contribution in [0.15, 0.2) is 64.8 Å². The van der Waals surface area contributed by atoms with Gasteiger partial charge in [0.2, 0.25) is 5.91 Å². The van der Waals surface area contributed by atoms with Crippen molar-refractivity contribution in [3.63, 3.8) is 0 Å². The molecule has 1 aromatic carbocycles. The van der Waals surface area contributed by atoms with E-state index in [1.807, 2.05) is 0 Å². The number of pyridine rings is 1. The lowest BCUT2D eigenvalue weighted by atomic mass is 10.3. The summed E-state index contributed by atoms with van der Waals surface area (Å²) in [5.41, 5.74) is 11.7. The molecule has 6 N–H and O–H groups in total. The second-order valence-electron chi connectivity index (χ2n) is 6.09. The highest BCUT2D eigenvalue weighted by Crippen LogP contribution is 2.23. The van der Waals surface area contributed by atoms with E-state index in [-0.39, 0.29) is 33.4 Å². The minimum atomic E-state index is -3.79. The molecule has 0 aliphatic carbocycles. The number of sulfonamides is 1. The van der Waals surface area contributed by atoms with Gasteiger partial charge in [0.1, 0.15) is 17.5 Å². The molecule has 0 saturated heterocycles. The Labute approximate surface area is 177 Å². The van der Waals surface area contributed by atoms with E-state index < -0.39 is 15.3 Å². The van der Waals surface area contributed by atoms with Crippen LogP contribution >= 0.6 is 11.8 Å². The van der Waals surface area contributed by atoms with E-state index >= 15 is 0 Å². The highest BCUT2D eigenvalue weighted by Gasteiger charge is 2.18. The number of carbonyl (C=O) groups is 1. The summed E-state index contributed by atoms with van der Waals surface area (Å²) in [5, 5.41) is 2.46. The lowest BCUT2D eigenvalue weighted by Gasteiger charge is -2.12. The van der Waals surface area contributed by atoms with Crippen LogP contribution in [0.25, 0.3) is 0 Å². The third kappa shape index (κ3) is 5.58. The summed E-state index contributed by atoms with van der Waals surface area (Å²) in [5.74, 6) is 0.333. The number of thioether (sulfide) groups is 1. The monoisotopic (exact) mass is 445 g/mol. The Bertz CT molecular complexity index is 1120. The van der Waals surface area contributed by atoms with E-state index in [4.69, 9.17) is 11.5 Å². The van der Waals surface area contributed by atoms with Gasteiger partial charge >= 0.3 is 0 Å². The van der Waals surface area contributed by atoms with Gasteiger partial charge in [-0.3, -0.25) is 9.52 Å². The fraction of sp³-hybridized carbons (Fsp3) is 0.111. The maximum Gasteiger partial charge on any atom is 0.263 e. The van der Waals surface area contributed by atoms with Crippen LogP contribution in [0, 0.1) is 0 Å². The van der Waals surface area contributed by atoms with Crippen LogP contribution in [0.2, 0.25) is 0 Å². The minimum Gasteiger partial charge on any atom is -0.383 e. The van der Waals surface area contributed by atoms with E-state index in [0.29, 0.717) is 5.69 Å². The van der Waals surface area contributed by atoms with Crippen molar-refractivity contribution in [2.75, 3.05) is 21.5 Å². The van der Waals surface area contributed by atoms with E-state index in [0.717, 1.165) is 11.8 Å². The summed E-state index contributed by atoms with van der Waals surface area (Å²) in [4.78, 5) is 24.4. The third-order valence-corrected chi connectivity index (χ3v) is 6.06. The van der Waals surface area contributed by atoms with Crippen molar-refractivity contribution in [3.8, 4) is 0 Å². The van der Waals surface area contributed by atoms with E-state index in [9.17, 15) is 13.2 Å². The van der Waals surface area contributed by atoms with Crippen LogP contribution in [-0.2, 0) is 14.8 Å². The SMILES string of the molecule is CC(Sc1nc(N)cc(N)n1)C(=O)Nc1ccc(S(=O)(=O)Nc2ccccn2)cc1. The standard InChI is InChI=1S/C18H19N7O3S2/c1-11(29-18-23-14(19)10-15(20)24-18)17(26)22-12-5-7-13(8-6-12)30(27,28)25-16-4-2-3-9-21-16/h2-11H,1H3,(H,21,25)(H,22,26)(H4,19,20,23,24). The Morgan fingerprint density at radius 1 is 1.07 bits per heavy atom. The normalized spacial score (nSPS) is 12.2. The second kappa shape index (κ2) is 8.97. The first kappa shape index (κ1) is 21.3. The highest BCUT2D eigenvalue weighted by atomic mass is 32.2. The van der Waals surface area contributed by atoms with Crippen molar-refractivity contribution >= 4 is 50.8 Å². The van der Waals surface area contributed by atoms with Crippen molar-refractivity contribution in [3.05, 3.63) is 54.7 Å². The summed E-state index contributed by atoms with van der Waals surface area (Å²) < 4.78 is 27.2. The number of nitrogens with two attached hydrogens (primary N) is 2. The van der Waals surface area contributed by atoms with Gasteiger partial charge < -0.3 is 16.8 Å². The summed E-state index contributed by atoms with van der Waals surface area (Å²) in [6.07, 6.45) is 1.48. The number of amides is 1. The Kier molecular flexibility index (Phi) is 6.37. The predicted molar refractivity (Wildman–Crippen MR) is 116 cm³/mol. The average molecular weight is 446 g/mol. The van der Waals surface area contributed by atoms with Crippen LogP contribution in [-0.4, -0.2) is 34.5 Å². The molecule has 1 unspecified atom stereocenters. The Morgan fingerprint density at radius 2 is 1.73 bits per heavy atom. The fourth-order valence-corrected chi connectivity index (χ4v) is 4.11. The van der Waals surface area contributed by atoms with Crippen molar-refractivity contribution < 1.29 is 13.2 Å². The van der Waals surface area contributed by atoms with Gasteiger partial charge in [0.05, 0.1) is 10.1 Å². The molecule has 2 aromatic heterocycles. The van der Waals surface area contributed by atoms with Gasteiger partial charge in [0.15, 0.2) is 5.16 Å². The summed E-state index contributed by atoms with van der Waals surface area (Å²) in [7, 11) is -3.79. The topological polar surface area (TPSA) is 166 Å². The van der Waals surface area contributed by atoms with Gasteiger partial charge in [-0.05, 0) is 43.3 Å². The van der Waals surface area contributed by atoms with Crippen LogP contribution in [0.1, 0.15) is 6.92 Å². The zero-order valence-electron chi connectivity index (χ0n) is 15.8. The first-order valence-electron chi connectivity index (χ1n) is 8.64. The van der Waals surface area contributed by atoms with Crippen molar-refractivity contribution in [1.82, 2.24) is 15.0 Å². The first-order valence-corrected chi connectivity index (χ1v) is 11.0. The molecule has 0 fully saturated rings. The third-order valence-electron chi connectivity index (χ3n) is 3.73. The molecule has 12 heteroatoms. The number of hydrogen-bond donors (Lipinski definition) is 4. The summed E-state index contributed by atoms with van der Waals surface area (Å²) in [6.45, 7) is 1.68. The molecule has 3 rings (SSSR count). The van der Waals surface area contributed by atoms with Crippen LogP contribution in [0.5, 0.6) is 0 Å². The van der Waals surface area contributed by atoms with Crippen LogP contribution in [0.3, 0.4) is 0 Å². The lowest BCUT2D eigenvalue weighted by molar-refractivity contribution is -0.115. The van der Waals surface area contributed by atoms with Crippen molar-refractivity contribution in [1.29, 1.82) is 0 Å². The largest absolute Gasteiger partial charge is 0.383 e. The number of anilines is 4. The number of rotatable bonds is 7. The summed E-state index contributed by atoms with van der Waals surface area (Å²) in [6, 6.07) is 12.1. The Morgan fingerprint density at radius 3 is 2.33 bits per heavy atom. The molecule has 0 aliphatic heterocycles. The number of nitrogens with zero attached hydrogens (tertiary/aromatic N) is 3. The highest BCUT2D eigenvalue weighted by molar-refractivity contribution is 8.00. The molecule has 0 bridgehead atoms. The summed E-state index contributed by atoms with van der Waals surface area (Å²) >= 11 is 1.10. The molecule has 0 spiro atoms. The van der Waals surface area contributed by atoms with Gasteiger partial charge in [0, 0.05) is 18.0 Å². The zero-order valence-corrected chi connectivity index (χ0v) is 17.4. The van der Waals surface area contributed by atoms with Gasteiger partial charge in [-0.1, -0.05) is 17.8 Å². The zero-order chi connectivity index (χ0) is 21.7. The minimum absolute atomic E-state index is 0.0391. The molecule has 156 valence electrons.